The van der Waals surface area contributed by atoms with E-state index in [0.717, 1.165) is 11.4 Å². The summed E-state index contributed by atoms with van der Waals surface area (Å²) < 4.78 is 10.4. The highest BCUT2D eigenvalue weighted by Gasteiger charge is 2.06. The third kappa shape index (κ3) is 5.17. The largest absolute Gasteiger partial charge is 0.492 e. The Bertz CT molecular complexity index is 595. The van der Waals surface area contributed by atoms with Crippen LogP contribution in [0.4, 0.5) is 5.69 Å². The molecular formula is C15H20N4O3. The molecule has 0 radical (unpaired) electrons. The van der Waals surface area contributed by atoms with Crippen molar-refractivity contribution in [3.8, 4) is 5.75 Å². The molecule has 1 amide bonds. The maximum Gasteiger partial charge on any atom is 0.226 e. The second-order valence-corrected chi connectivity index (χ2v) is 4.80. The lowest BCUT2D eigenvalue weighted by atomic mass is 10.2. The number of aromatic nitrogens is 2. The fraction of sp³-hybridized carbons (Fsp3) is 0.400. The van der Waals surface area contributed by atoms with Gasteiger partial charge in [0.15, 0.2) is 5.82 Å². The third-order valence-electron chi connectivity index (χ3n) is 2.89. The Kier molecular flexibility index (Phi) is 5.91. The van der Waals surface area contributed by atoms with Crippen LogP contribution in [0.1, 0.15) is 24.6 Å². The minimum atomic E-state index is -0.0492. The lowest BCUT2D eigenvalue weighted by Gasteiger charge is -2.07. The van der Waals surface area contributed by atoms with E-state index in [1.807, 2.05) is 0 Å². The number of benzene rings is 1. The molecule has 0 saturated carbocycles. The number of carbonyl (C=O) groups is 1. The molecule has 118 valence electrons. The molecule has 2 rings (SSSR count). The van der Waals surface area contributed by atoms with Crippen molar-refractivity contribution in [2.24, 2.45) is 5.73 Å². The topological polar surface area (TPSA) is 103 Å². The SMILES string of the molecule is Cc1noc(CCCC(=O)Nc2ccc(OCCN)cc2)n1. The predicted molar refractivity (Wildman–Crippen MR) is 81.6 cm³/mol. The molecule has 1 aromatic heterocycles. The first-order valence-corrected chi connectivity index (χ1v) is 7.19. The summed E-state index contributed by atoms with van der Waals surface area (Å²) in [6.07, 6.45) is 1.65. The zero-order chi connectivity index (χ0) is 15.8. The number of carbonyl (C=O) groups excluding carboxylic acids is 1. The monoisotopic (exact) mass is 304 g/mol. The molecule has 0 fully saturated rings. The standard InChI is InChI=1S/C15H20N4O3/c1-11-17-15(22-19-11)4-2-3-14(20)18-12-5-7-13(8-6-12)21-10-9-16/h5-8H,2-4,9-10,16H2,1H3,(H,18,20). The Morgan fingerprint density at radius 3 is 2.77 bits per heavy atom. The summed E-state index contributed by atoms with van der Waals surface area (Å²) in [6.45, 7) is 2.71. The summed E-state index contributed by atoms with van der Waals surface area (Å²) in [5.74, 6) is 1.85. The fourth-order valence-corrected chi connectivity index (χ4v) is 1.88. The summed E-state index contributed by atoms with van der Waals surface area (Å²) in [5, 5.41) is 6.54. The van der Waals surface area contributed by atoms with E-state index in [0.29, 0.717) is 44.1 Å². The van der Waals surface area contributed by atoms with Gasteiger partial charge in [-0.15, -0.1) is 0 Å². The van der Waals surface area contributed by atoms with Gasteiger partial charge in [0.05, 0.1) is 0 Å². The Balaban J connectivity index is 1.72. The van der Waals surface area contributed by atoms with Gasteiger partial charge >= 0.3 is 0 Å². The number of hydrogen-bond donors (Lipinski definition) is 2. The summed E-state index contributed by atoms with van der Waals surface area (Å²) in [6, 6.07) is 7.19. The first kappa shape index (κ1) is 16.0. The second-order valence-electron chi connectivity index (χ2n) is 4.80. The minimum Gasteiger partial charge on any atom is -0.492 e. The quantitative estimate of drug-likeness (QED) is 0.769. The van der Waals surface area contributed by atoms with Crippen LogP contribution < -0.4 is 15.8 Å². The molecule has 0 saturated heterocycles. The van der Waals surface area contributed by atoms with Crippen molar-refractivity contribution in [3.63, 3.8) is 0 Å². The number of rotatable bonds is 8. The highest BCUT2D eigenvalue weighted by Crippen LogP contribution is 2.16. The number of amides is 1. The van der Waals surface area contributed by atoms with Gasteiger partial charge in [-0.3, -0.25) is 4.79 Å². The fourth-order valence-electron chi connectivity index (χ4n) is 1.88. The maximum atomic E-state index is 11.8. The summed E-state index contributed by atoms with van der Waals surface area (Å²) in [7, 11) is 0. The van der Waals surface area contributed by atoms with Crippen molar-refractivity contribution < 1.29 is 14.1 Å². The molecule has 7 heteroatoms. The van der Waals surface area contributed by atoms with E-state index in [-0.39, 0.29) is 5.91 Å². The van der Waals surface area contributed by atoms with Crippen LogP contribution in [0.25, 0.3) is 0 Å². The molecule has 1 aromatic carbocycles. The number of nitrogens with two attached hydrogens (primary N) is 1. The molecule has 0 aliphatic rings. The molecule has 3 N–H and O–H groups in total. The van der Waals surface area contributed by atoms with Gasteiger partial charge < -0.3 is 20.3 Å². The van der Waals surface area contributed by atoms with Crippen molar-refractivity contribution >= 4 is 11.6 Å². The molecule has 0 bridgehead atoms. The van der Waals surface area contributed by atoms with E-state index in [1.54, 1.807) is 31.2 Å². The molecule has 2 aromatic rings. The lowest BCUT2D eigenvalue weighted by molar-refractivity contribution is -0.116. The van der Waals surface area contributed by atoms with E-state index in [1.165, 1.54) is 0 Å². The maximum absolute atomic E-state index is 11.8. The number of aryl methyl sites for hydroxylation is 2. The van der Waals surface area contributed by atoms with Crippen LogP contribution in [0, 0.1) is 6.92 Å². The number of nitrogens with one attached hydrogen (secondary N) is 1. The molecule has 7 nitrogen and oxygen atoms in total. The molecule has 0 aliphatic carbocycles. The zero-order valence-electron chi connectivity index (χ0n) is 12.5. The van der Waals surface area contributed by atoms with E-state index in [2.05, 4.69) is 15.5 Å². The zero-order valence-corrected chi connectivity index (χ0v) is 12.5. The normalized spacial score (nSPS) is 10.5. The van der Waals surface area contributed by atoms with Gasteiger partial charge in [-0.1, -0.05) is 5.16 Å². The van der Waals surface area contributed by atoms with E-state index < -0.39 is 0 Å². The summed E-state index contributed by atoms with van der Waals surface area (Å²) in [4.78, 5) is 15.9. The minimum absolute atomic E-state index is 0.0492. The predicted octanol–water partition coefficient (Wildman–Crippen LogP) is 1.68. The van der Waals surface area contributed by atoms with E-state index in [4.69, 9.17) is 15.0 Å². The highest BCUT2D eigenvalue weighted by atomic mass is 16.5. The van der Waals surface area contributed by atoms with Crippen LogP contribution in [0.2, 0.25) is 0 Å². The van der Waals surface area contributed by atoms with Crippen molar-refractivity contribution in [2.45, 2.75) is 26.2 Å². The molecule has 22 heavy (non-hydrogen) atoms. The van der Waals surface area contributed by atoms with Crippen molar-refractivity contribution in [3.05, 3.63) is 36.0 Å². The van der Waals surface area contributed by atoms with Crippen LogP contribution in [0.15, 0.2) is 28.8 Å². The number of anilines is 1. The molecule has 0 spiro atoms. The van der Waals surface area contributed by atoms with Gasteiger partial charge in [0.1, 0.15) is 12.4 Å². The smallest absolute Gasteiger partial charge is 0.226 e. The van der Waals surface area contributed by atoms with Gasteiger partial charge in [0.2, 0.25) is 11.8 Å². The Hall–Kier alpha value is -2.41. The van der Waals surface area contributed by atoms with Crippen LogP contribution in [0.5, 0.6) is 5.75 Å². The average Bonchev–Trinajstić information content (AvgIpc) is 2.92. The molecule has 0 atom stereocenters. The third-order valence-corrected chi connectivity index (χ3v) is 2.89. The molecule has 0 aliphatic heterocycles. The van der Waals surface area contributed by atoms with E-state index >= 15 is 0 Å². The summed E-state index contributed by atoms with van der Waals surface area (Å²) >= 11 is 0. The first-order chi connectivity index (χ1) is 10.7. The average molecular weight is 304 g/mol. The van der Waals surface area contributed by atoms with Gasteiger partial charge in [-0.05, 0) is 37.6 Å². The number of nitrogens with zero attached hydrogens (tertiary/aromatic N) is 2. The Morgan fingerprint density at radius 1 is 1.36 bits per heavy atom. The highest BCUT2D eigenvalue weighted by molar-refractivity contribution is 5.90. The van der Waals surface area contributed by atoms with Gasteiger partial charge in [-0.2, -0.15) is 4.98 Å². The Morgan fingerprint density at radius 2 is 2.14 bits per heavy atom. The van der Waals surface area contributed by atoms with Crippen molar-refractivity contribution in [1.29, 1.82) is 0 Å². The van der Waals surface area contributed by atoms with Gasteiger partial charge in [0, 0.05) is 25.1 Å². The van der Waals surface area contributed by atoms with Crippen LogP contribution >= 0.6 is 0 Å². The summed E-state index contributed by atoms with van der Waals surface area (Å²) in [5.41, 5.74) is 6.10. The molecular weight excluding hydrogens is 284 g/mol. The first-order valence-electron chi connectivity index (χ1n) is 7.19. The number of ether oxygens (including phenoxy) is 1. The molecule has 0 unspecified atom stereocenters. The Labute approximate surface area is 128 Å². The van der Waals surface area contributed by atoms with E-state index in [9.17, 15) is 4.79 Å². The van der Waals surface area contributed by atoms with Gasteiger partial charge in [-0.25, -0.2) is 0 Å². The van der Waals surface area contributed by atoms with Crippen LogP contribution in [0.3, 0.4) is 0 Å². The second kappa shape index (κ2) is 8.14. The van der Waals surface area contributed by atoms with Crippen LogP contribution in [-0.2, 0) is 11.2 Å². The molecule has 1 heterocycles. The van der Waals surface area contributed by atoms with Crippen LogP contribution in [-0.4, -0.2) is 29.2 Å². The van der Waals surface area contributed by atoms with Crippen molar-refractivity contribution in [1.82, 2.24) is 10.1 Å². The lowest BCUT2D eigenvalue weighted by Crippen LogP contribution is -2.12. The van der Waals surface area contributed by atoms with Crippen molar-refractivity contribution in [2.75, 3.05) is 18.5 Å². The van der Waals surface area contributed by atoms with Gasteiger partial charge in [0.25, 0.3) is 0 Å². The number of hydrogen-bond acceptors (Lipinski definition) is 6.